The minimum absolute atomic E-state index is 0.172. The van der Waals surface area contributed by atoms with Crippen LogP contribution in [-0.4, -0.2) is 5.91 Å². The number of hydrogen-bond donors (Lipinski definition) is 1. The molecule has 0 saturated carbocycles. The fourth-order valence-electron chi connectivity index (χ4n) is 1.77. The molecule has 0 fully saturated rings. The van der Waals surface area contributed by atoms with Gasteiger partial charge in [-0.1, -0.05) is 62.9 Å². The van der Waals surface area contributed by atoms with Crippen molar-refractivity contribution >= 4 is 5.91 Å². The third-order valence-corrected chi connectivity index (χ3v) is 2.84. The van der Waals surface area contributed by atoms with Crippen LogP contribution >= 0.6 is 0 Å². The second-order valence-corrected chi connectivity index (χ2v) is 4.43. The van der Waals surface area contributed by atoms with E-state index in [0.29, 0.717) is 13.0 Å². The first-order valence-corrected chi connectivity index (χ1v) is 6.63. The molecule has 0 saturated heterocycles. The quantitative estimate of drug-likeness (QED) is 0.682. The molecule has 0 aliphatic heterocycles. The molecule has 0 spiro atoms. The van der Waals surface area contributed by atoms with Gasteiger partial charge in [0.05, 0.1) is 0 Å². The highest BCUT2D eigenvalue weighted by Gasteiger charge is 2.00. The molecule has 2 nitrogen and oxygen atoms in total. The van der Waals surface area contributed by atoms with E-state index in [0.717, 1.165) is 12.0 Å². The van der Waals surface area contributed by atoms with Crippen LogP contribution in [0.5, 0.6) is 0 Å². The molecule has 0 heterocycles. The number of carbonyl (C=O) groups is 1. The number of rotatable bonds is 8. The number of hydrogen-bond acceptors (Lipinski definition) is 1. The summed E-state index contributed by atoms with van der Waals surface area (Å²) in [6, 6.07) is 10.0. The van der Waals surface area contributed by atoms with Gasteiger partial charge in [-0.15, -0.1) is 0 Å². The Morgan fingerprint density at radius 2 is 1.76 bits per heavy atom. The Morgan fingerprint density at radius 3 is 2.47 bits per heavy atom. The van der Waals surface area contributed by atoms with Crippen molar-refractivity contribution in [2.45, 2.75) is 52.0 Å². The first-order chi connectivity index (χ1) is 8.33. The molecule has 0 radical (unpaired) electrons. The molecule has 0 atom stereocenters. The lowest BCUT2D eigenvalue weighted by molar-refractivity contribution is -0.121. The summed E-state index contributed by atoms with van der Waals surface area (Å²) in [5.41, 5.74) is 1.16. The molecular formula is C15H23NO. The van der Waals surface area contributed by atoms with E-state index < -0.39 is 0 Å². The largest absolute Gasteiger partial charge is 0.352 e. The van der Waals surface area contributed by atoms with Gasteiger partial charge in [0.25, 0.3) is 0 Å². The second-order valence-electron chi connectivity index (χ2n) is 4.43. The molecule has 2 heteroatoms. The van der Waals surface area contributed by atoms with Crippen LogP contribution in [0.15, 0.2) is 30.3 Å². The van der Waals surface area contributed by atoms with Crippen molar-refractivity contribution in [3.63, 3.8) is 0 Å². The van der Waals surface area contributed by atoms with Crippen molar-refractivity contribution < 1.29 is 4.79 Å². The standard InChI is InChI=1S/C15H23NO/c1-2-3-4-5-9-12-15(17)16-13-14-10-7-6-8-11-14/h6-8,10-11H,2-5,9,12-13H2,1H3,(H,16,17). The van der Waals surface area contributed by atoms with E-state index in [1.54, 1.807) is 0 Å². The average Bonchev–Trinajstić information content (AvgIpc) is 2.37. The van der Waals surface area contributed by atoms with Gasteiger partial charge in [-0.3, -0.25) is 4.79 Å². The third kappa shape index (κ3) is 6.77. The molecule has 1 rings (SSSR count). The highest BCUT2D eigenvalue weighted by Crippen LogP contribution is 2.05. The molecular weight excluding hydrogens is 210 g/mol. The Balaban J connectivity index is 2.05. The van der Waals surface area contributed by atoms with Crippen molar-refractivity contribution in [2.24, 2.45) is 0 Å². The molecule has 94 valence electrons. The summed E-state index contributed by atoms with van der Waals surface area (Å²) in [4.78, 5) is 11.5. The van der Waals surface area contributed by atoms with Gasteiger partial charge in [0.2, 0.25) is 5.91 Å². The number of carbonyl (C=O) groups excluding carboxylic acids is 1. The third-order valence-electron chi connectivity index (χ3n) is 2.84. The maximum Gasteiger partial charge on any atom is 0.220 e. The Kier molecular flexibility index (Phi) is 7.12. The Morgan fingerprint density at radius 1 is 1.06 bits per heavy atom. The van der Waals surface area contributed by atoms with Gasteiger partial charge in [0.1, 0.15) is 0 Å². The van der Waals surface area contributed by atoms with Crippen molar-refractivity contribution in [3.8, 4) is 0 Å². The summed E-state index contributed by atoms with van der Waals surface area (Å²) in [6.07, 6.45) is 6.64. The Bertz CT molecular complexity index is 308. The summed E-state index contributed by atoms with van der Waals surface area (Å²) in [7, 11) is 0. The van der Waals surface area contributed by atoms with Crippen molar-refractivity contribution in [2.75, 3.05) is 0 Å². The fraction of sp³-hybridized carbons (Fsp3) is 0.533. The Hall–Kier alpha value is -1.31. The lowest BCUT2D eigenvalue weighted by Gasteiger charge is -2.05. The van der Waals surface area contributed by atoms with Gasteiger partial charge in [0.15, 0.2) is 0 Å². The van der Waals surface area contributed by atoms with E-state index in [4.69, 9.17) is 0 Å². The normalized spacial score (nSPS) is 10.2. The second kappa shape index (κ2) is 8.80. The van der Waals surface area contributed by atoms with Gasteiger partial charge < -0.3 is 5.32 Å². The molecule has 0 aliphatic carbocycles. The first-order valence-electron chi connectivity index (χ1n) is 6.63. The molecule has 0 bridgehead atoms. The predicted octanol–water partition coefficient (Wildman–Crippen LogP) is 3.66. The first kappa shape index (κ1) is 13.8. The SMILES string of the molecule is CCCCCCCC(=O)NCc1ccccc1. The minimum Gasteiger partial charge on any atom is -0.352 e. The van der Waals surface area contributed by atoms with Gasteiger partial charge in [-0.2, -0.15) is 0 Å². The maximum absolute atomic E-state index is 11.5. The molecule has 17 heavy (non-hydrogen) atoms. The van der Waals surface area contributed by atoms with Gasteiger partial charge >= 0.3 is 0 Å². The zero-order valence-electron chi connectivity index (χ0n) is 10.7. The zero-order valence-corrected chi connectivity index (χ0v) is 10.7. The van der Waals surface area contributed by atoms with Crippen LogP contribution in [-0.2, 0) is 11.3 Å². The zero-order chi connectivity index (χ0) is 12.3. The highest BCUT2D eigenvalue weighted by atomic mass is 16.1. The summed E-state index contributed by atoms with van der Waals surface area (Å²) in [5.74, 6) is 0.172. The number of unbranched alkanes of at least 4 members (excludes halogenated alkanes) is 4. The van der Waals surface area contributed by atoms with E-state index in [2.05, 4.69) is 12.2 Å². The van der Waals surface area contributed by atoms with Crippen LogP contribution in [0, 0.1) is 0 Å². The van der Waals surface area contributed by atoms with E-state index in [1.807, 2.05) is 30.3 Å². The summed E-state index contributed by atoms with van der Waals surface area (Å²) in [6.45, 7) is 2.85. The van der Waals surface area contributed by atoms with Crippen LogP contribution in [0.1, 0.15) is 51.0 Å². The van der Waals surface area contributed by atoms with E-state index >= 15 is 0 Å². The molecule has 1 aromatic carbocycles. The predicted molar refractivity (Wildman–Crippen MR) is 71.7 cm³/mol. The molecule has 0 aliphatic rings. The minimum atomic E-state index is 0.172. The van der Waals surface area contributed by atoms with Crippen molar-refractivity contribution in [1.82, 2.24) is 5.32 Å². The van der Waals surface area contributed by atoms with Crippen LogP contribution in [0.25, 0.3) is 0 Å². The topological polar surface area (TPSA) is 29.1 Å². The molecule has 0 unspecified atom stereocenters. The van der Waals surface area contributed by atoms with E-state index in [-0.39, 0.29) is 5.91 Å². The lowest BCUT2D eigenvalue weighted by Crippen LogP contribution is -2.22. The molecule has 1 amide bonds. The van der Waals surface area contributed by atoms with Crippen molar-refractivity contribution in [3.05, 3.63) is 35.9 Å². The molecule has 1 aromatic rings. The van der Waals surface area contributed by atoms with Gasteiger partial charge in [-0.05, 0) is 12.0 Å². The fourth-order valence-corrected chi connectivity index (χ4v) is 1.77. The van der Waals surface area contributed by atoms with Gasteiger partial charge in [-0.25, -0.2) is 0 Å². The Labute approximate surface area is 104 Å². The van der Waals surface area contributed by atoms with E-state index in [1.165, 1.54) is 25.7 Å². The van der Waals surface area contributed by atoms with Gasteiger partial charge in [0, 0.05) is 13.0 Å². The summed E-state index contributed by atoms with van der Waals surface area (Å²) >= 11 is 0. The maximum atomic E-state index is 11.5. The smallest absolute Gasteiger partial charge is 0.220 e. The molecule has 0 aromatic heterocycles. The highest BCUT2D eigenvalue weighted by molar-refractivity contribution is 5.75. The lowest BCUT2D eigenvalue weighted by atomic mass is 10.1. The average molecular weight is 233 g/mol. The summed E-state index contributed by atoms with van der Waals surface area (Å²) < 4.78 is 0. The molecule has 1 N–H and O–H groups in total. The van der Waals surface area contributed by atoms with Crippen LogP contribution in [0.4, 0.5) is 0 Å². The number of amides is 1. The monoisotopic (exact) mass is 233 g/mol. The summed E-state index contributed by atoms with van der Waals surface area (Å²) in [5, 5.41) is 2.95. The van der Waals surface area contributed by atoms with Crippen LogP contribution in [0.2, 0.25) is 0 Å². The van der Waals surface area contributed by atoms with Crippen molar-refractivity contribution in [1.29, 1.82) is 0 Å². The van der Waals surface area contributed by atoms with Crippen LogP contribution in [0.3, 0.4) is 0 Å². The number of nitrogens with one attached hydrogen (secondary N) is 1. The van der Waals surface area contributed by atoms with Crippen LogP contribution < -0.4 is 5.32 Å². The van der Waals surface area contributed by atoms with E-state index in [9.17, 15) is 4.79 Å². The number of benzene rings is 1.